The molecule has 0 saturated carbocycles. The second-order valence-electron chi connectivity index (χ2n) is 3.27. The Hall–Kier alpha value is -2.05. The van der Waals surface area contributed by atoms with E-state index in [9.17, 15) is 17.6 Å². The molecule has 0 aliphatic rings. The zero-order valence-corrected chi connectivity index (χ0v) is 8.40. The molecule has 1 heterocycles. The van der Waals surface area contributed by atoms with Crippen LogP contribution in [0.15, 0.2) is 18.6 Å². The Balaban J connectivity index is 2.26. The lowest BCUT2D eigenvalue weighted by molar-refractivity contribution is 0.458. The molecule has 90 valence electrons. The summed E-state index contributed by atoms with van der Waals surface area (Å²) in [7, 11) is 0. The van der Waals surface area contributed by atoms with Gasteiger partial charge in [0.25, 0.3) is 0 Å². The molecule has 1 aromatic heterocycles. The monoisotopic (exact) mass is 245 g/mol. The van der Waals surface area contributed by atoms with E-state index >= 15 is 0 Å². The molecule has 0 bridgehead atoms. The van der Waals surface area contributed by atoms with Crippen molar-refractivity contribution in [1.29, 1.82) is 0 Å². The van der Waals surface area contributed by atoms with Gasteiger partial charge in [0.15, 0.2) is 23.3 Å². The van der Waals surface area contributed by atoms with E-state index in [1.807, 2.05) is 0 Å². The Kier molecular flexibility index (Phi) is 2.99. The van der Waals surface area contributed by atoms with Crippen LogP contribution in [-0.4, -0.2) is 9.97 Å². The number of rotatable bonds is 3. The van der Waals surface area contributed by atoms with E-state index in [0.29, 0.717) is 5.69 Å². The highest BCUT2D eigenvalue weighted by Crippen LogP contribution is 2.24. The summed E-state index contributed by atoms with van der Waals surface area (Å²) >= 11 is 0. The van der Waals surface area contributed by atoms with Crippen LogP contribution in [0.2, 0.25) is 0 Å². The molecule has 2 N–H and O–H groups in total. The number of nitrogens with zero attached hydrogens (tertiary/aromatic N) is 1. The van der Waals surface area contributed by atoms with Gasteiger partial charge in [0, 0.05) is 12.3 Å². The lowest BCUT2D eigenvalue weighted by Crippen LogP contribution is -2.07. The molecule has 0 unspecified atom stereocenters. The molecule has 0 aliphatic carbocycles. The second-order valence-corrected chi connectivity index (χ2v) is 3.27. The van der Waals surface area contributed by atoms with Crippen LogP contribution < -0.4 is 5.32 Å². The largest absolute Gasteiger partial charge is 0.374 e. The molecule has 0 aliphatic heterocycles. The van der Waals surface area contributed by atoms with E-state index in [4.69, 9.17) is 0 Å². The van der Waals surface area contributed by atoms with Gasteiger partial charge in [-0.1, -0.05) is 0 Å². The molecule has 0 saturated heterocycles. The third-order valence-electron chi connectivity index (χ3n) is 2.12. The first-order valence-corrected chi connectivity index (χ1v) is 4.63. The van der Waals surface area contributed by atoms with E-state index in [2.05, 4.69) is 15.3 Å². The molecule has 1 aromatic carbocycles. The topological polar surface area (TPSA) is 40.7 Å². The standard InChI is InChI=1S/C10H7F4N3/c11-6-1-7(12)9(14)10(8(6)13)16-3-5-2-15-4-17-5/h1-2,4,16H,3H2,(H,15,17). The Morgan fingerprint density at radius 2 is 1.76 bits per heavy atom. The van der Waals surface area contributed by atoms with Crippen molar-refractivity contribution in [2.24, 2.45) is 0 Å². The fourth-order valence-electron chi connectivity index (χ4n) is 1.29. The minimum Gasteiger partial charge on any atom is -0.374 e. The van der Waals surface area contributed by atoms with Crippen molar-refractivity contribution in [2.75, 3.05) is 5.32 Å². The Morgan fingerprint density at radius 3 is 2.29 bits per heavy atom. The minimum atomic E-state index is -1.46. The van der Waals surface area contributed by atoms with Crippen molar-refractivity contribution in [2.45, 2.75) is 6.54 Å². The number of halogens is 4. The van der Waals surface area contributed by atoms with E-state index in [0.717, 1.165) is 0 Å². The summed E-state index contributed by atoms with van der Waals surface area (Å²) in [6, 6.07) is 0.159. The van der Waals surface area contributed by atoms with Gasteiger partial charge in [-0.15, -0.1) is 0 Å². The van der Waals surface area contributed by atoms with Crippen LogP contribution in [0.5, 0.6) is 0 Å². The summed E-state index contributed by atoms with van der Waals surface area (Å²) in [5, 5.41) is 2.26. The number of aromatic nitrogens is 2. The highest BCUT2D eigenvalue weighted by atomic mass is 19.2. The number of hydrogen-bond acceptors (Lipinski definition) is 2. The molecular weight excluding hydrogens is 238 g/mol. The van der Waals surface area contributed by atoms with Gasteiger partial charge in [0.05, 0.1) is 18.6 Å². The van der Waals surface area contributed by atoms with Crippen LogP contribution in [0, 0.1) is 23.3 Å². The lowest BCUT2D eigenvalue weighted by atomic mass is 10.2. The van der Waals surface area contributed by atoms with Gasteiger partial charge in [0.1, 0.15) is 5.69 Å². The number of H-pyrrole nitrogens is 1. The lowest BCUT2D eigenvalue weighted by Gasteiger charge is -2.08. The molecule has 0 amide bonds. The van der Waals surface area contributed by atoms with Crippen molar-refractivity contribution >= 4 is 5.69 Å². The van der Waals surface area contributed by atoms with Crippen LogP contribution in [0.25, 0.3) is 0 Å². The minimum absolute atomic E-state index is 0.0310. The Labute approximate surface area is 93.5 Å². The predicted molar refractivity (Wildman–Crippen MR) is 52.2 cm³/mol. The molecule has 0 spiro atoms. The van der Waals surface area contributed by atoms with E-state index in [1.165, 1.54) is 12.5 Å². The number of imidazole rings is 1. The summed E-state index contributed by atoms with van der Waals surface area (Å²) in [5.41, 5.74) is -0.314. The quantitative estimate of drug-likeness (QED) is 0.644. The number of aromatic amines is 1. The van der Waals surface area contributed by atoms with E-state index in [-0.39, 0.29) is 12.6 Å². The van der Waals surface area contributed by atoms with Gasteiger partial charge >= 0.3 is 0 Å². The van der Waals surface area contributed by atoms with Crippen molar-refractivity contribution < 1.29 is 17.6 Å². The van der Waals surface area contributed by atoms with Crippen LogP contribution in [0.4, 0.5) is 23.2 Å². The summed E-state index contributed by atoms with van der Waals surface area (Å²) < 4.78 is 52.1. The highest BCUT2D eigenvalue weighted by Gasteiger charge is 2.18. The molecule has 7 heteroatoms. The summed E-state index contributed by atoms with van der Waals surface area (Å²) in [4.78, 5) is 6.35. The normalized spacial score (nSPS) is 10.6. The average Bonchev–Trinajstić information content (AvgIpc) is 2.79. The maximum Gasteiger partial charge on any atom is 0.185 e. The van der Waals surface area contributed by atoms with Crippen molar-refractivity contribution in [3.63, 3.8) is 0 Å². The fourth-order valence-corrected chi connectivity index (χ4v) is 1.29. The number of nitrogens with one attached hydrogen (secondary N) is 2. The molecule has 17 heavy (non-hydrogen) atoms. The van der Waals surface area contributed by atoms with E-state index < -0.39 is 29.0 Å². The van der Waals surface area contributed by atoms with Crippen LogP contribution in [0.1, 0.15) is 5.69 Å². The van der Waals surface area contributed by atoms with Crippen molar-refractivity contribution in [1.82, 2.24) is 9.97 Å². The predicted octanol–water partition coefficient (Wildman–Crippen LogP) is 2.58. The third-order valence-corrected chi connectivity index (χ3v) is 2.12. The van der Waals surface area contributed by atoms with Crippen LogP contribution in [0.3, 0.4) is 0 Å². The van der Waals surface area contributed by atoms with E-state index in [1.54, 1.807) is 0 Å². The Morgan fingerprint density at radius 1 is 1.12 bits per heavy atom. The first-order valence-electron chi connectivity index (χ1n) is 4.63. The van der Waals surface area contributed by atoms with Gasteiger partial charge in [-0.2, -0.15) is 0 Å². The SMILES string of the molecule is Fc1cc(F)c(F)c(NCc2cnc[nH]2)c1F. The molecule has 0 fully saturated rings. The molecular formula is C10H7F4N3. The number of hydrogen-bond donors (Lipinski definition) is 2. The zero-order valence-electron chi connectivity index (χ0n) is 8.40. The molecule has 0 radical (unpaired) electrons. The average molecular weight is 245 g/mol. The smallest absolute Gasteiger partial charge is 0.185 e. The fraction of sp³-hybridized carbons (Fsp3) is 0.100. The summed E-state index contributed by atoms with van der Waals surface area (Å²) in [6.45, 7) is -0.0310. The molecule has 2 rings (SSSR count). The molecule has 2 aromatic rings. The number of anilines is 1. The highest BCUT2D eigenvalue weighted by molar-refractivity contribution is 5.47. The van der Waals surface area contributed by atoms with Gasteiger partial charge in [0.2, 0.25) is 0 Å². The Bertz CT molecular complexity index is 499. The number of benzene rings is 1. The second kappa shape index (κ2) is 4.44. The first-order chi connectivity index (χ1) is 8.09. The molecule has 0 atom stereocenters. The third kappa shape index (κ3) is 2.22. The first kappa shape index (κ1) is 11.4. The van der Waals surface area contributed by atoms with Crippen LogP contribution >= 0.6 is 0 Å². The van der Waals surface area contributed by atoms with Gasteiger partial charge in [-0.3, -0.25) is 0 Å². The van der Waals surface area contributed by atoms with Crippen LogP contribution in [-0.2, 0) is 6.54 Å². The van der Waals surface area contributed by atoms with Gasteiger partial charge < -0.3 is 10.3 Å². The maximum atomic E-state index is 13.2. The summed E-state index contributed by atoms with van der Waals surface area (Å²) in [5.74, 6) is -5.81. The van der Waals surface area contributed by atoms with Crippen molar-refractivity contribution in [3.8, 4) is 0 Å². The summed E-state index contributed by atoms with van der Waals surface area (Å²) in [6.07, 6.45) is 2.79. The van der Waals surface area contributed by atoms with Gasteiger partial charge in [-0.05, 0) is 0 Å². The zero-order chi connectivity index (χ0) is 12.4. The molecule has 3 nitrogen and oxygen atoms in total. The maximum absolute atomic E-state index is 13.2. The van der Waals surface area contributed by atoms with Crippen molar-refractivity contribution in [3.05, 3.63) is 47.6 Å². The van der Waals surface area contributed by atoms with Gasteiger partial charge in [-0.25, -0.2) is 22.5 Å².